The van der Waals surface area contributed by atoms with Gasteiger partial charge in [-0.25, -0.2) is 4.98 Å². The van der Waals surface area contributed by atoms with Gasteiger partial charge in [-0.1, -0.05) is 26.3 Å². The summed E-state index contributed by atoms with van der Waals surface area (Å²) in [7, 11) is 1.78. The Labute approximate surface area is 145 Å². The van der Waals surface area contributed by atoms with E-state index in [0.717, 1.165) is 30.9 Å². The van der Waals surface area contributed by atoms with Crippen molar-refractivity contribution in [1.82, 2.24) is 15.6 Å². The molecule has 0 atom stereocenters. The molecular formula is C15H27IN4O. The molecular weight excluding hydrogens is 379 g/mol. The van der Waals surface area contributed by atoms with Crippen LogP contribution in [0.5, 0.6) is 5.88 Å². The largest absolute Gasteiger partial charge is 0.478 e. The summed E-state index contributed by atoms with van der Waals surface area (Å²) in [4.78, 5) is 8.46. The van der Waals surface area contributed by atoms with Crippen LogP contribution in [0.3, 0.4) is 0 Å². The Morgan fingerprint density at radius 3 is 2.62 bits per heavy atom. The van der Waals surface area contributed by atoms with Crippen molar-refractivity contribution in [3.8, 4) is 5.88 Å². The number of ether oxygens (including phenoxy) is 1. The molecule has 1 aromatic heterocycles. The average Bonchev–Trinajstić information content (AvgIpc) is 2.49. The monoisotopic (exact) mass is 406 g/mol. The van der Waals surface area contributed by atoms with Crippen molar-refractivity contribution in [3.63, 3.8) is 0 Å². The summed E-state index contributed by atoms with van der Waals surface area (Å²) in [6.45, 7) is 6.60. The molecule has 1 heterocycles. The first-order valence-corrected chi connectivity index (χ1v) is 7.32. The molecule has 1 aromatic rings. The molecule has 0 aliphatic rings. The third-order valence-corrected chi connectivity index (χ3v) is 2.76. The van der Waals surface area contributed by atoms with Crippen molar-refractivity contribution in [1.29, 1.82) is 0 Å². The standard InChI is InChI=1S/C15H26N4O.HI/c1-4-6-9-17-15(16-3)19-12-13-7-8-14(18-11-13)20-10-5-2;/h7-8,11H,4-6,9-10,12H2,1-3H3,(H2,16,17,19);1H. The molecule has 0 radical (unpaired) electrons. The van der Waals surface area contributed by atoms with E-state index in [9.17, 15) is 0 Å². The Morgan fingerprint density at radius 1 is 1.24 bits per heavy atom. The zero-order chi connectivity index (χ0) is 14.6. The molecule has 1 rings (SSSR count). The van der Waals surface area contributed by atoms with E-state index in [-0.39, 0.29) is 24.0 Å². The number of aliphatic imine (C=N–C) groups is 1. The molecule has 0 spiro atoms. The quantitative estimate of drug-likeness (QED) is 0.302. The number of nitrogens with one attached hydrogen (secondary N) is 2. The normalized spacial score (nSPS) is 10.7. The van der Waals surface area contributed by atoms with Crippen LogP contribution < -0.4 is 15.4 Å². The van der Waals surface area contributed by atoms with Crippen LogP contribution in [0.15, 0.2) is 23.3 Å². The Morgan fingerprint density at radius 2 is 2.05 bits per heavy atom. The lowest BCUT2D eigenvalue weighted by Gasteiger charge is -2.11. The zero-order valence-corrected chi connectivity index (χ0v) is 15.5. The molecule has 0 aliphatic carbocycles. The second kappa shape index (κ2) is 12.7. The van der Waals surface area contributed by atoms with Gasteiger partial charge in [0.05, 0.1) is 6.61 Å². The number of pyridine rings is 1. The topological polar surface area (TPSA) is 58.5 Å². The second-order valence-electron chi connectivity index (χ2n) is 4.56. The van der Waals surface area contributed by atoms with Crippen LogP contribution in [0.4, 0.5) is 0 Å². The summed E-state index contributed by atoms with van der Waals surface area (Å²) >= 11 is 0. The predicted molar refractivity (Wildman–Crippen MR) is 98.5 cm³/mol. The van der Waals surface area contributed by atoms with Crippen LogP contribution in [0.1, 0.15) is 38.7 Å². The minimum absolute atomic E-state index is 0. The number of guanidine groups is 1. The van der Waals surface area contributed by atoms with Gasteiger partial charge in [-0.05, 0) is 18.4 Å². The molecule has 0 saturated carbocycles. The van der Waals surface area contributed by atoms with Gasteiger partial charge in [-0.2, -0.15) is 0 Å². The fourth-order valence-corrected chi connectivity index (χ4v) is 1.60. The lowest BCUT2D eigenvalue weighted by Crippen LogP contribution is -2.37. The van der Waals surface area contributed by atoms with E-state index >= 15 is 0 Å². The number of aromatic nitrogens is 1. The SMILES string of the molecule is CCCCNC(=NC)NCc1ccc(OCCC)nc1.I. The van der Waals surface area contributed by atoms with Gasteiger partial charge >= 0.3 is 0 Å². The van der Waals surface area contributed by atoms with Gasteiger partial charge in [0, 0.05) is 32.4 Å². The van der Waals surface area contributed by atoms with Gasteiger partial charge in [0.15, 0.2) is 5.96 Å². The highest BCUT2D eigenvalue weighted by Crippen LogP contribution is 2.07. The van der Waals surface area contributed by atoms with Crippen molar-refractivity contribution < 1.29 is 4.74 Å². The van der Waals surface area contributed by atoms with Gasteiger partial charge in [0.2, 0.25) is 5.88 Å². The maximum atomic E-state index is 5.45. The molecule has 0 unspecified atom stereocenters. The van der Waals surface area contributed by atoms with E-state index < -0.39 is 0 Å². The number of rotatable bonds is 8. The molecule has 2 N–H and O–H groups in total. The summed E-state index contributed by atoms with van der Waals surface area (Å²) in [5, 5.41) is 6.54. The molecule has 0 saturated heterocycles. The zero-order valence-electron chi connectivity index (χ0n) is 13.2. The fourth-order valence-electron chi connectivity index (χ4n) is 1.60. The summed E-state index contributed by atoms with van der Waals surface area (Å²) in [6, 6.07) is 3.92. The van der Waals surface area contributed by atoms with Crippen LogP contribution in [0, 0.1) is 0 Å². The van der Waals surface area contributed by atoms with Gasteiger partial charge < -0.3 is 15.4 Å². The second-order valence-corrected chi connectivity index (χ2v) is 4.56. The molecule has 21 heavy (non-hydrogen) atoms. The fraction of sp³-hybridized carbons (Fsp3) is 0.600. The highest BCUT2D eigenvalue weighted by atomic mass is 127. The first kappa shape index (κ1) is 19.9. The van der Waals surface area contributed by atoms with Crippen molar-refractivity contribution in [2.24, 2.45) is 4.99 Å². The molecule has 0 aromatic carbocycles. The lowest BCUT2D eigenvalue weighted by molar-refractivity contribution is 0.305. The third kappa shape index (κ3) is 8.75. The average molecular weight is 406 g/mol. The third-order valence-electron chi connectivity index (χ3n) is 2.76. The highest BCUT2D eigenvalue weighted by Gasteiger charge is 1.99. The summed E-state index contributed by atoms with van der Waals surface area (Å²) in [6.07, 6.45) is 5.14. The number of hydrogen-bond acceptors (Lipinski definition) is 3. The van der Waals surface area contributed by atoms with Crippen LogP contribution in [-0.4, -0.2) is 31.1 Å². The minimum Gasteiger partial charge on any atom is -0.478 e. The molecule has 0 bridgehead atoms. The van der Waals surface area contributed by atoms with E-state index in [1.165, 1.54) is 6.42 Å². The van der Waals surface area contributed by atoms with E-state index in [1.54, 1.807) is 7.05 Å². The highest BCUT2D eigenvalue weighted by molar-refractivity contribution is 14.0. The molecule has 0 fully saturated rings. The minimum atomic E-state index is 0. The van der Waals surface area contributed by atoms with E-state index in [1.807, 2.05) is 18.3 Å². The Kier molecular flexibility index (Phi) is 12.0. The van der Waals surface area contributed by atoms with Crippen molar-refractivity contribution in [3.05, 3.63) is 23.9 Å². The molecule has 120 valence electrons. The van der Waals surface area contributed by atoms with Gasteiger partial charge in [-0.3, -0.25) is 4.99 Å². The van der Waals surface area contributed by atoms with Crippen LogP contribution in [0.2, 0.25) is 0 Å². The summed E-state index contributed by atoms with van der Waals surface area (Å²) in [5.41, 5.74) is 1.10. The summed E-state index contributed by atoms with van der Waals surface area (Å²) < 4.78 is 5.45. The van der Waals surface area contributed by atoms with Gasteiger partial charge in [0.25, 0.3) is 0 Å². The van der Waals surface area contributed by atoms with Crippen molar-refractivity contribution >= 4 is 29.9 Å². The number of hydrogen-bond donors (Lipinski definition) is 2. The van der Waals surface area contributed by atoms with E-state index in [2.05, 4.69) is 34.5 Å². The first-order valence-electron chi connectivity index (χ1n) is 7.32. The molecule has 5 nitrogen and oxygen atoms in total. The lowest BCUT2D eigenvalue weighted by atomic mass is 10.3. The number of nitrogens with zero attached hydrogens (tertiary/aromatic N) is 2. The number of unbranched alkanes of at least 4 members (excludes halogenated alkanes) is 1. The molecule has 0 amide bonds. The van der Waals surface area contributed by atoms with Crippen LogP contribution >= 0.6 is 24.0 Å². The predicted octanol–water partition coefficient (Wildman–Crippen LogP) is 2.95. The summed E-state index contributed by atoms with van der Waals surface area (Å²) in [5.74, 6) is 1.51. The van der Waals surface area contributed by atoms with E-state index in [4.69, 9.17) is 4.74 Å². The van der Waals surface area contributed by atoms with Crippen molar-refractivity contribution in [2.45, 2.75) is 39.7 Å². The smallest absolute Gasteiger partial charge is 0.213 e. The van der Waals surface area contributed by atoms with E-state index in [0.29, 0.717) is 19.0 Å². The maximum Gasteiger partial charge on any atom is 0.213 e. The van der Waals surface area contributed by atoms with Gasteiger partial charge in [-0.15, -0.1) is 24.0 Å². The molecule has 6 heteroatoms. The maximum absolute atomic E-state index is 5.45. The Bertz CT molecular complexity index is 395. The number of halogens is 1. The first-order chi connectivity index (χ1) is 9.80. The van der Waals surface area contributed by atoms with Crippen LogP contribution in [0.25, 0.3) is 0 Å². The molecule has 0 aliphatic heterocycles. The van der Waals surface area contributed by atoms with Crippen LogP contribution in [-0.2, 0) is 6.54 Å². The van der Waals surface area contributed by atoms with Crippen molar-refractivity contribution in [2.75, 3.05) is 20.2 Å². The van der Waals surface area contributed by atoms with Gasteiger partial charge in [0.1, 0.15) is 0 Å². The Balaban J connectivity index is 0.00000400. The Hall–Kier alpha value is -1.05.